The Labute approximate surface area is 121 Å². The van der Waals surface area contributed by atoms with E-state index in [2.05, 4.69) is 10.5 Å². The van der Waals surface area contributed by atoms with Gasteiger partial charge in [-0.15, -0.1) is 0 Å². The number of carbonyl (C=O) groups excluding carboxylic acids is 1. The summed E-state index contributed by atoms with van der Waals surface area (Å²) in [4.78, 5) is 12.1. The van der Waals surface area contributed by atoms with Crippen molar-refractivity contribution in [2.45, 2.75) is 25.9 Å². The first-order chi connectivity index (χ1) is 9.82. The van der Waals surface area contributed by atoms with E-state index in [0.717, 1.165) is 0 Å². The van der Waals surface area contributed by atoms with Gasteiger partial charge in [-0.05, 0) is 32.0 Å². The maximum absolute atomic E-state index is 12.1. The molecule has 1 aliphatic rings. The zero-order valence-corrected chi connectivity index (χ0v) is 11.7. The van der Waals surface area contributed by atoms with Crippen molar-refractivity contribution in [3.05, 3.63) is 23.8 Å². The van der Waals surface area contributed by atoms with Crippen molar-refractivity contribution in [3.8, 4) is 11.8 Å². The summed E-state index contributed by atoms with van der Waals surface area (Å²) in [5.74, 6) is 0.0860. The Hall–Kier alpha value is -2.88. The van der Waals surface area contributed by atoms with Crippen molar-refractivity contribution in [2.75, 3.05) is 5.43 Å². The predicted octanol–water partition coefficient (Wildman–Crippen LogP) is 1.66. The van der Waals surface area contributed by atoms with E-state index in [1.54, 1.807) is 24.3 Å². The van der Waals surface area contributed by atoms with Gasteiger partial charge < -0.3 is 10.5 Å². The lowest BCUT2D eigenvalue weighted by molar-refractivity contribution is 0.0620. The van der Waals surface area contributed by atoms with E-state index in [-0.39, 0.29) is 11.5 Å². The molecule has 0 aliphatic carbocycles. The van der Waals surface area contributed by atoms with Crippen LogP contribution in [0.15, 0.2) is 23.3 Å². The number of anilines is 1. The van der Waals surface area contributed by atoms with Gasteiger partial charge in [-0.25, -0.2) is 0 Å². The number of hydrogen-bond donors (Lipinski definition) is 3. The molecule has 2 rings (SSSR count). The lowest BCUT2D eigenvalue weighted by Crippen LogP contribution is -2.35. The summed E-state index contributed by atoms with van der Waals surface area (Å²) < 4.78 is 5.74. The van der Waals surface area contributed by atoms with Crippen LogP contribution >= 0.6 is 0 Å². The fraction of sp³-hybridized carbons (Fsp3) is 0.286. The third-order valence-corrected chi connectivity index (χ3v) is 2.91. The van der Waals surface area contributed by atoms with Gasteiger partial charge in [0.25, 0.3) is 0 Å². The van der Waals surface area contributed by atoms with Gasteiger partial charge in [0.2, 0.25) is 5.71 Å². The molecule has 0 amide bonds. The standard InChI is InChI=1S/C14H15N5O2/c1-14(2)6-11(20)9-5-8(3-4-12(9)21-14)18-19-10(7-15)13(16)17/h3-5,18H,6H2,1-2H3,(H3,16,17)/b19-10+. The van der Waals surface area contributed by atoms with Gasteiger partial charge in [-0.2, -0.15) is 10.4 Å². The molecule has 0 bridgehead atoms. The monoisotopic (exact) mass is 285 g/mol. The van der Waals surface area contributed by atoms with Crippen molar-refractivity contribution in [1.29, 1.82) is 10.7 Å². The summed E-state index contributed by atoms with van der Waals surface area (Å²) in [6.07, 6.45) is 0.295. The number of hydrazone groups is 1. The Morgan fingerprint density at radius 1 is 1.57 bits per heavy atom. The van der Waals surface area contributed by atoms with Crippen molar-refractivity contribution in [1.82, 2.24) is 0 Å². The van der Waals surface area contributed by atoms with Crippen LogP contribution in [0.4, 0.5) is 5.69 Å². The topological polar surface area (TPSA) is 124 Å². The molecule has 4 N–H and O–H groups in total. The molecule has 7 nitrogen and oxygen atoms in total. The van der Waals surface area contributed by atoms with Crippen molar-refractivity contribution in [3.63, 3.8) is 0 Å². The highest BCUT2D eigenvalue weighted by atomic mass is 16.5. The summed E-state index contributed by atoms with van der Waals surface area (Å²) in [7, 11) is 0. The first kappa shape index (κ1) is 14.5. The van der Waals surface area contributed by atoms with Gasteiger partial charge in [0.05, 0.1) is 17.7 Å². The molecule has 1 aromatic rings. The molecule has 0 saturated carbocycles. The molecular formula is C14H15N5O2. The van der Waals surface area contributed by atoms with Crippen LogP contribution in [0.3, 0.4) is 0 Å². The largest absolute Gasteiger partial charge is 0.487 e. The van der Waals surface area contributed by atoms with E-state index in [9.17, 15) is 4.79 Å². The van der Waals surface area contributed by atoms with Gasteiger partial charge in [-0.1, -0.05) is 0 Å². The number of amidine groups is 1. The van der Waals surface area contributed by atoms with Crippen LogP contribution in [0.1, 0.15) is 30.6 Å². The third kappa shape index (κ3) is 3.17. The molecule has 0 unspecified atom stereocenters. The van der Waals surface area contributed by atoms with Crippen LogP contribution in [-0.4, -0.2) is 22.9 Å². The highest BCUT2D eigenvalue weighted by molar-refractivity contribution is 6.45. The highest BCUT2D eigenvalue weighted by Gasteiger charge is 2.32. The third-order valence-electron chi connectivity index (χ3n) is 2.91. The first-order valence-electron chi connectivity index (χ1n) is 6.27. The van der Waals surface area contributed by atoms with Crippen molar-refractivity contribution >= 4 is 23.0 Å². The van der Waals surface area contributed by atoms with E-state index < -0.39 is 11.4 Å². The van der Waals surface area contributed by atoms with Crippen molar-refractivity contribution < 1.29 is 9.53 Å². The van der Waals surface area contributed by atoms with Crippen LogP contribution in [-0.2, 0) is 0 Å². The minimum atomic E-state index is -0.514. The minimum absolute atomic E-state index is 0.0130. The number of nitriles is 1. The van der Waals surface area contributed by atoms with E-state index in [1.807, 2.05) is 13.8 Å². The normalized spacial score (nSPS) is 16.4. The number of ether oxygens (including phenoxy) is 1. The molecule has 1 aliphatic heterocycles. The molecule has 0 fully saturated rings. The summed E-state index contributed by atoms with van der Waals surface area (Å²) >= 11 is 0. The summed E-state index contributed by atoms with van der Waals surface area (Å²) in [5, 5.41) is 19.6. The van der Waals surface area contributed by atoms with E-state index in [0.29, 0.717) is 23.4 Å². The number of benzene rings is 1. The molecule has 0 spiro atoms. The number of carbonyl (C=O) groups is 1. The van der Waals surface area contributed by atoms with Crippen LogP contribution in [0.25, 0.3) is 0 Å². The van der Waals surface area contributed by atoms with Crippen LogP contribution in [0.2, 0.25) is 0 Å². The molecule has 0 radical (unpaired) electrons. The maximum atomic E-state index is 12.1. The number of rotatable bonds is 3. The number of nitrogens with two attached hydrogens (primary N) is 1. The summed E-state index contributed by atoms with van der Waals surface area (Å²) in [6, 6.07) is 6.65. The van der Waals surface area contributed by atoms with E-state index in [1.165, 1.54) is 0 Å². The molecule has 108 valence electrons. The number of ketones is 1. The molecule has 21 heavy (non-hydrogen) atoms. The summed E-state index contributed by atoms with van der Waals surface area (Å²) in [5.41, 5.74) is 8.04. The average Bonchev–Trinajstić information content (AvgIpc) is 2.38. The number of nitrogens with one attached hydrogen (secondary N) is 2. The van der Waals surface area contributed by atoms with E-state index >= 15 is 0 Å². The van der Waals surface area contributed by atoms with Gasteiger partial charge in [0.1, 0.15) is 17.4 Å². The zero-order chi connectivity index (χ0) is 15.6. The van der Waals surface area contributed by atoms with Crippen molar-refractivity contribution in [2.24, 2.45) is 10.8 Å². The number of Topliss-reactive ketones (excluding diaryl/α,β-unsaturated/α-hetero) is 1. The quantitative estimate of drug-likeness (QED) is 0.442. The number of fused-ring (bicyclic) bond motifs is 1. The van der Waals surface area contributed by atoms with Gasteiger partial charge in [-0.3, -0.25) is 15.6 Å². The number of nitrogens with zero attached hydrogens (tertiary/aromatic N) is 2. The zero-order valence-electron chi connectivity index (χ0n) is 11.7. The second kappa shape index (κ2) is 5.25. The second-order valence-electron chi connectivity index (χ2n) is 5.27. The van der Waals surface area contributed by atoms with Crippen LogP contribution in [0, 0.1) is 16.7 Å². The smallest absolute Gasteiger partial charge is 0.201 e. The fourth-order valence-corrected chi connectivity index (χ4v) is 1.99. The molecule has 1 aromatic carbocycles. The second-order valence-corrected chi connectivity index (χ2v) is 5.27. The van der Waals surface area contributed by atoms with E-state index in [4.69, 9.17) is 21.1 Å². The number of hydrogen-bond acceptors (Lipinski definition) is 6. The summed E-state index contributed by atoms with van der Waals surface area (Å²) in [6.45, 7) is 3.71. The predicted molar refractivity (Wildman–Crippen MR) is 78.7 cm³/mol. The minimum Gasteiger partial charge on any atom is -0.487 e. The molecule has 7 heteroatoms. The fourth-order valence-electron chi connectivity index (χ4n) is 1.99. The SMILES string of the molecule is CC1(C)CC(=O)c2cc(N/N=C(\C#N)C(=N)N)ccc2O1. The maximum Gasteiger partial charge on any atom is 0.201 e. The lowest BCUT2D eigenvalue weighted by Gasteiger charge is -2.31. The molecule has 0 aromatic heterocycles. The Bertz CT molecular complexity index is 685. The first-order valence-corrected chi connectivity index (χ1v) is 6.27. The van der Waals surface area contributed by atoms with Gasteiger partial charge >= 0.3 is 0 Å². The van der Waals surface area contributed by atoms with Crippen LogP contribution in [0.5, 0.6) is 5.75 Å². The molecule has 0 saturated heterocycles. The molecule has 0 atom stereocenters. The van der Waals surface area contributed by atoms with Gasteiger partial charge in [0.15, 0.2) is 11.6 Å². The Morgan fingerprint density at radius 3 is 2.90 bits per heavy atom. The Morgan fingerprint density at radius 2 is 2.29 bits per heavy atom. The molecule has 1 heterocycles. The molecular weight excluding hydrogens is 270 g/mol. The Balaban J connectivity index is 2.27. The lowest BCUT2D eigenvalue weighted by atomic mass is 9.93. The Kier molecular flexibility index (Phi) is 3.63. The van der Waals surface area contributed by atoms with Crippen LogP contribution < -0.4 is 15.9 Å². The highest BCUT2D eigenvalue weighted by Crippen LogP contribution is 2.34. The van der Waals surface area contributed by atoms with Gasteiger partial charge in [0, 0.05) is 0 Å². The average molecular weight is 285 g/mol.